The molecule has 0 fully saturated rings. The van der Waals surface area contributed by atoms with Crippen LogP contribution in [0.15, 0.2) is 18.3 Å². The molecule has 0 aliphatic rings. The molecule has 6 heteroatoms. The Kier molecular flexibility index (Phi) is 3.61. The smallest absolute Gasteiger partial charge is 0.161 e. The molecule has 2 rings (SSSR count). The zero-order valence-corrected chi connectivity index (χ0v) is 10.5. The van der Waals surface area contributed by atoms with Gasteiger partial charge in [-0.3, -0.25) is 0 Å². The first-order valence-electron chi connectivity index (χ1n) is 5.78. The summed E-state index contributed by atoms with van der Waals surface area (Å²) in [5.74, 6) is -3.36. The minimum atomic E-state index is -1.25. The number of aliphatic hydroxyl groups is 1. The lowest BCUT2D eigenvalue weighted by Crippen LogP contribution is -2.08. The van der Waals surface area contributed by atoms with E-state index in [-0.39, 0.29) is 18.2 Å². The van der Waals surface area contributed by atoms with Gasteiger partial charge in [0, 0.05) is 17.7 Å². The second-order valence-electron chi connectivity index (χ2n) is 4.50. The number of nitrogens with zero attached hydrogens (tertiary/aromatic N) is 2. The highest BCUT2D eigenvalue weighted by Gasteiger charge is 2.19. The predicted molar refractivity (Wildman–Crippen MR) is 63.4 cm³/mol. The maximum Gasteiger partial charge on any atom is 0.161 e. The molecular weight excluding hydrogens is 257 g/mol. The van der Waals surface area contributed by atoms with Gasteiger partial charge in [0.25, 0.3) is 0 Å². The van der Waals surface area contributed by atoms with Gasteiger partial charge in [0.1, 0.15) is 5.69 Å². The molecule has 0 spiro atoms. The summed E-state index contributed by atoms with van der Waals surface area (Å²) in [7, 11) is 0. The third-order valence-electron chi connectivity index (χ3n) is 2.82. The Balaban J connectivity index is 2.65. The summed E-state index contributed by atoms with van der Waals surface area (Å²) < 4.78 is 41.1. The monoisotopic (exact) mass is 270 g/mol. The van der Waals surface area contributed by atoms with E-state index in [4.69, 9.17) is 0 Å². The molecule has 3 nitrogen and oxygen atoms in total. The zero-order valence-electron chi connectivity index (χ0n) is 10.5. The van der Waals surface area contributed by atoms with Crippen molar-refractivity contribution in [1.29, 1.82) is 0 Å². The maximum absolute atomic E-state index is 13.7. The van der Waals surface area contributed by atoms with Crippen molar-refractivity contribution in [3.63, 3.8) is 0 Å². The maximum atomic E-state index is 13.7. The summed E-state index contributed by atoms with van der Waals surface area (Å²) in [6.45, 7) is 3.42. The highest BCUT2D eigenvalue weighted by atomic mass is 19.2. The lowest BCUT2D eigenvalue weighted by atomic mass is 10.1. The number of hydrogen-bond acceptors (Lipinski definition) is 2. The number of aliphatic hydroxyl groups excluding tert-OH is 1. The van der Waals surface area contributed by atoms with E-state index >= 15 is 0 Å². The van der Waals surface area contributed by atoms with Gasteiger partial charge in [-0.1, -0.05) is 13.8 Å². The van der Waals surface area contributed by atoms with E-state index in [0.717, 1.165) is 6.07 Å². The highest BCUT2D eigenvalue weighted by Crippen LogP contribution is 2.25. The Bertz CT molecular complexity index is 608. The lowest BCUT2D eigenvalue weighted by molar-refractivity contribution is 0.280. The number of rotatable bonds is 3. The van der Waals surface area contributed by atoms with Crippen molar-refractivity contribution in [2.75, 3.05) is 0 Å². The normalized spacial score (nSPS) is 11.3. The standard InChI is InChI=1S/C13H13F3N2O/c1-7(2)13-8(6-19)5-17-18(13)12-4-10(15)9(14)3-11(12)16/h3-5,7,19H,6H2,1-2H3. The molecule has 0 unspecified atom stereocenters. The van der Waals surface area contributed by atoms with Crippen molar-refractivity contribution < 1.29 is 18.3 Å². The third-order valence-corrected chi connectivity index (χ3v) is 2.82. The largest absolute Gasteiger partial charge is 0.392 e. The van der Waals surface area contributed by atoms with Crippen LogP contribution < -0.4 is 0 Å². The van der Waals surface area contributed by atoms with Crippen molar-refractivity contribution in [1.82, 2.24) is 9.78 Å². The van der Waals surface area contributed by atoms with E-state index < -0.39 is 17.5 Å². The molecule has 19 heavy (non-hydrogen) atoms. The van der Waals surface area contributed by atoms with E-state index in [9.17, 15) is 18.3 Å². The molecule has 0 radical (unpaired) electrons. The van der Waals surface area contributed by atoms with Crippen LogP contribution >= 0.6 is 0 Å². The molecule has 0 saturated heterocycles. The van der Waals surface area contributed by atoms with Crippen LogP contribution in [0.2, 0.25) is 0 Å². The molecule has 0 bridgehead atoms. The fourth-order valence-corrected chi connectivity index (χ4v) is 2.00. The number of halogens is 3. The molecule has 0 amide bonds. The van der Waals surface area contributed by atoms with Crippen LogP contribution in [-0.4, -0.2) is 14.9 Å². The Hall–Kier alpha value is -1.82. The van der Waals surface area contributed by atoms with Crippen molar-refractivity contribution in [2.24, 2.45) is 0 Å². The van der Waals surface area contributed by atoms with Gasteiger partial charge in [-0.05, 0) is 5.92 Å². The summed E-state index contributed by atoms with van der Waals surface area (Å²) in [5.41, 5.74) is 0.911. The van der Waals surface area contributed by atoms with E-state index in [1.807, 2.05) is 13.8 Å². The number of aromatic nitrogens is 2. The first-order chi connectivity index (χ1) is 8.95. The van der Waals surface area contributed by atoms with E-state index in [1.54, 1.807) is 0 Å². The second-order valence-corrected chi connectivity index (χ2v) is 4.50. The number of benzene rings is 1. The third kappa shape index (κ3) is 2.35. The molecule has 0 atom stereocenters. The summed E-state index contributed by atoms with van der Waals surface area (Å²) in [6.07, 6.45) is 1.38. The van der Waals surface area contributed by atoms with E-state index in [2.05, 4.69) is 5.10 Å². The fraction of sp³-hybridized carbons (Fsp3) is 0.308. The highest BCUT2D eigenvalue weighted by molar-refractivity contribution is 5.38. The van der Waals surface area contributed by atoms with Crippen molar-refractivity contribution in [3.8, 4) is 5.69 Å². The first-order valence-corrected chi connectivity index (χ1v) is 5.78. The van der Waals surface area contributed by atoms with Crippen molar-refractivity contribution in [2.45, 2.75) is 26.4 Å². The molecule has 1 aromatic heterocycles. The van der Waals surface area contributed by atoms with E-state index in [0.29, 0.717) is 17.3 Å². The molecule has 1 N–H and O–H groups in total. The summed E-state index contributed by atoms with van der Waals surface area (Å²) >= 11 is 0. The molecule has 0 aliphatic heterocycles. The Labute approximate surface area is 108 Å². The zero-order chi connectivity index (χ0) is 14.2. The molecule has 1 heterocycles. The van der Waals surface area contributed by atoms with Gasteiger partial charge in [-0.2, -0.15) is 5.10 Å². The van der Waals surface area contributed by atoms with Crippen LogP contribution in [0.4, 0.5) is 13.2 Å². The summed E-state index contributed by atoms with van der Waals surface area (Å²) in [6, 6.07) is 1.24. The van der Waals surface area contributed by atoms with E-state index in [1.165, 1.54) is 10.9 Å². The average molecular weight is 270 g/mol. The Morgan fingerprint density at radius 2 is 1.79 bits per heavy atom. The van der Waals surface area contributed by atoms with Gasteiger partial charge in [-0.25, -0.2) is 17.9 Å². The van der Waals surface area contributed by atoms with Gasteiger partial charge in [0.2, 0.25) is 0 Å². The van der Waals surface area contributed by atoms with Crippen LogP contribution in [0.25, 0.3) is 5.69 Å². The Morgan fingerprint density at radius 1 is 1.16 bits per heavy atom. The molecule has 102 valence electrons. The van der Waals surface area contributed by atoms with Gasteiger partial charge < -0.3 is 5.11 Å². The van der Waals surface area contributed by atoms with Crippen LogP contribution in [0.1, 0.15) is 31.0 Å². The van der Waals surface area contributed by atoms with Gasteiger partial charge >= 0.3 is 0 Å². The van der Waals surface area contributed by atoms with Crippen molar-refractivity contribution >= 4 is 0 Å². The fourth-order valence-electron chi connectivity index (χ4n) is 2.00. The molecular formula is C13H13F3N2O. The van der Waals surface area contributed by atoms with Crippen LogP contribution in [-0.2, 0) is 6.61 Å². The minimum absolute atomic E-state index is 0.0582. The predicted octanol–water partition coefficient (Wildman–Crippen LogP) is 2.91. The molecule has 1 aromatic carbocycles. The minimum Gasteiger partial charge on any atom is -0.392 e. The first kappa shape index (κ1) is 13.6. The van der Waals surface area contributed by atoms with Crippen LogP contribution in [0.5, 0.6) is 0 Å². The quantitative estimate of drug-likeness (QED) is 0.871. The van der Waals surface area contributed by atoms with Crippen LogP contribution in [0.3, 0.4) is 0 Å². The lowest BCUT2D eigenvalue weighted by Gasteiger charge is -2.13. The van der Waals surface area contributed by atoms with Gasteiger partial charge in [-0.15, -0.1) is 0 Å². The van der Waals surface area contributed by atoms with Crippen LogP contribution in [0, 0.1) is 17.5 Å². The number of hydrogen-bond donors (Lipinski definition) is 1. The van der Waals surface area contributed by atoms with Gasteiger partial charge in [0.05, 0.1) is 18.5 Å². The topological polar surface area (TPSA) is 38.1 Å². The van der Waals surface area contributed by atoms with Crippen molar-refractivity contribution in [3.05, 3.63) is 47.0 Å². The molecule has 0 aliphatic carbocycles. The average Bonchev–Trinajstić information content (AvgIpc) is 2.77. The molecule has 2 aromatic rings. The molecule has 0 saturated carbocycles. The van der Waals surface area contributed by atoms with Gasteiger partial charge in [0.15, 0.2) is 17.5 Å². The summed E-state index contributed by atoms with van der Waals surface area (Å²) in [4.78, 5) is 0. The SMILES string of the molecule is CC(C)c1c(CO)cnn1-c1cc(F)c(F)cc1F. The second kappa shape index (κ2) is 5.05. The summed E-state index contributed by atoms with van der Waals surface area (Å²) in [5, 5.41) is 13.2. The Morgan fingerprint density at radius 3 is 2.37 bits per heavy atom.